The van der Waals surface area contributed by atoms with Crippen LogP contribution in [0.15, 0.2) is 12.2 Å². The number of unbranched alkanes of at least 4 members (excludes halogenated alkanes) is 1. The summed E-state index contributed by atoms with van der Waals surface area (Å²) in [7, 11) is 0. The van der Waals surface area contributed by atoms with E-state index in [0.717, 1.165) is 13.2 Å². The third-order valence-corrected chi connectivity index (χ3v) is 1.04. The second kappa shape index (κ2) is 7.70. The number of ether oxygens (including phenoxy) is 1. The highest BCUT2D eigenvalue weighted by molar-refractivity contribution is 4.80. The van der Waals surface area contributed by atoms with E-state index in [1.165, 1.54) is 12.8 Å². The molecule has 0 aromatic carbocycles. The molecule has 0 aromatic heterocycles. The Bertz CT molecular complexity index is 67.0. The molecular formula is C8H16O. The summed E-state index contributed by atoms with van der Waals surface area (Å²) in [5.74, 6) is 0. The van der Waals surface area contributed by atoms with E-state index in [2.05, 4.69) is 19.1 Å². The zero-order chi connectivity index (χ0) is 6.95. The molecule has 0 N–H and O–H groups in total. The van der Waals surface area contributed by atoms with Gasteiger partial charge in [0.05, 0.1) is 6.61 Å². The number of allylic oxidation sites excluding steroid dienone is 1. The molecule has 1 nitrogen and oxygen atoms in total. The Morgan fingerprint density at radius 1 is 1.22 bits per heavy atom. The van der Waals surface area contributed by atoms with E-state index in [4.69, 9.17) is 4.74 Å². The molecule has 0 amide bonds. The summed E-state index contributed by atoms with van der Waals surface area (Å²) in [5, 5.41) is 0. The van der Waals surface area contributed by atoms with Crippen LogP contribution in [-0.2, 0) is 4.74 Å². The average Bonchev–Trinajstić information content (AvgIpc) is 1.89. The smallest absolute Gasteiger partial charge is 0.0647 e. The lowest BCUT2D eigenvalue weighted by molar-refractivity contribution is 0.177. The summed E-state index contributed by atoms with van der Waals surface area (Å²) in [6, 6.07) is 0. The third-order valence-electron chi connectivity index (χ3n) is 1.04. The predicted octanol–water partition coefficient (Wildman–Crippen LogP) is 2.38. The fraction of sp³-hybridized carbons (Fsp3) is 0.750. The maximum atomic E-state index is 5.09. The molecule has 0 aliphatic rings. The standard InChI is InChI=1S/C8H16O/c1-3-5-6-7-8-9-4-2/h6-7H,3-5,8H2,1-2H3/b7-6+. The number of hydrogen-bond donors (Lipinski definition) is 0. The molecule has 0 rings (SSSR count). The molecular weight excluding hydrogens is 112 g/mol. The Hall–Kier alpha value is -0.300. The topological polar surface area (TPSA) is 9.23 Å². The lowest BCUT2D eigenvalue weighted by Gasteiger charge is -1.91. The van der Waals surface area contributed by atoms with Gasteiger partial charge in [-0.2, -0.15) is 0 Å². The molecule has 1 heteroatoms. The highest BCUT2D eigenvalue weighted by Crippen LogP contribution is 1.87. The van der Waals surface area contributed by atoms with Crippen LogP contribution >= 0.6 is 0 Å². The van der Waals surface area contributed by atoms with Crippen LogP contribution < -0.4 is 0 Å². The van der Waals surface area contributed by atoms with Gasteiger partial charge in [-0.05, 0) is 13.3 Å². The highest BCUT2D eigenvalue weighted by atomic mass is 16.5. The SMILES string of the molecule is CCC/C=C/COCC. The molecule has 0 unspecified atom stereocenters. The van der Waals surface area contributed by atoms with Gasteiger partial charge in [0.1, 0.15) is 0 Å². The zero-order valence-corrected chi connectivity index (χ0v) is 6.39. The van der Waals surface area contributed by atoms with Crippen molar-refractivity contribution in [1.29, 1.82) is 0 Å². The summed E-state index contributed by atoms with van der Waals surface area (Å²) in [6.45, 7) is 5.77. The molecule has 0 fully saturated rings. The van der Waals surface area contributed by atoms with E-state index in [0.29, 0.717) is 0 Å². The first-order valence-electron chi connectivity index (χ1n) is 3.64. The minimum absolute atomic E-state index is 0.774. The van der Waals surface area contributed by atoms with Gasteiger partial charge in [-0.15, -0.1) is 0 Å². The van der Waals surface area contributed by atoms with E-state index in [9.17, 15) is 0 Å². The van der Waals surface area contributed by atoms with Gasteiger partial charge in [0, 0.05) is 6.61 Å². The third kappa shape index (κ3) is 7.70. The first-order chi connectivity index (χ1) is 4.41. The Morgan fingerprint density at radius 2 is 2.00 bits per heavy atom. The molecule has 0 atom stereocenters. The zero-order valence-electron chi connectivity index (χ0n) is 6.39. The van der Waals surface area contributed by atoms with Crippen LogP contribution in [0.1, 0.15) is 26.7 Å². The summed E-state index contributed by atoms with van der Waals surface area (Å²) >= 11 is 0. The van der Waals surface area contributed by atoms with E-state index in [1.54, 1.807) is 0 Å². The fourth-order valence-corrected chi connectivity index (χ4v) is 0.538. The van der Waals surface area contributed by atoms with Crippen molar-refractivity contribution >= 4 is 0 Å². The second-order valence-corrected chi connectivity index (χ2v) is 1.92. The van der Waals surface area contributed by atoms with Crippen LogP contribution in [0.4, 0.5) is 0 Å². The Kier molecular flexibility index (Phi) is 7.44. The van der Waals surface area contributed by atoms with E-state index < -0.39 is 0 Å². The maximum absolute atomic E-state index is 5.09. The molecule has 0 aromatic rings. The predicted molar refractivity (Wildman–Crippen MR) is 40.5 cm³/mol. The van der Waals surface area contributed by atoms with Gasteiger partial charge in [-0.1, -0.05) is 25.5 Å². The molecule has 54 valence electrons. The Labute approximate surface area is 57.7 Å². The molecule has 0 saturated heterocycles. The monoisotopic (exact) mass is 128 g/mol. The summed E-state index contributed by atoms with van der Waals surface area (Å²) in [4.78, 5) is 0. The van der Waals surface area contributed by atoms with E-state index >= 15 is 0 Å². The van der Waals surface area contributed by atoms with Crippen LogP contribution in [-0.4, -0.2) is 13.2 Å². The molecule has 0 bridgehead atoms. The van der Waals surface area contributed by atoms with Crippen molar-refractivity contribution in [2.24, 2.45) is 0 Å². The average molecular weight is 128 g/mol. The van der Waals surface area contributed by atoms with Crippen molar-refractivity contribution in [2.75, 3.05) is 13.2 Å². The van der Waals surface area contributed by atoms with Gasteiger partial charge < -0.3 is 4.74 Å². The van der Waals surface area contributed by atoms with Crippen molar-refractivity contribution < 1.29 is 4.74 Å². The van der Waals surface area contributed by atoms with E-state index in [1.807, 2.05) is 6.92 Å². The van der Waals surface area contributed by atoms with Crippen molar-refractivity contribution in [2.45, 2.75) is 26.7 Å². The molecule has 9 heavy (non-hydrogen) atoms. The van der Waals surface area contributed by atoms with E-state index in [-0.39, 0.29) is 0 Å². The van der Waals surface area contributed by atoms with Crippen molar-refractivity contribution in [3.8, 4) is 0 Å². The normalized spacial score (nSPS) is 10.9. The molecule has 0 aliphatic heterocycles. The summed E-state index contributed by atoms with van der Waals surface area (Å²) < 4.78 is 5.09. The van der Waals surface area contributed by atoms with Gasteiger partial charge in [0.25, 0.3) is 0 Å². The summed E-state index contributed by atoms with van der Waals surface area (Å²) in [6.07, 6.45) is 6.64. The van der Waals surface area contributed by atoms with Crippen LogP contribution in [0, 0.1) is 0 Å². The van der Waals surface area contributed by atoms with Crippen molar-refractivity contribution in [1.82, 2.24) is 0 Å². The maximum Gasteiger partial charge on any atom is 0.0647 e. The lowest BCUT2D eigenvalue weighted by Crippen LogP contribution is -1.87. The Morgan fingerprint density at radius 3 is 2.56 bits per heavy atom. The minimum Gasteiger partial charge on any atom is -0.378 e. The second-order valence-electron chi connectivity index (χ2n) is 1.92. The molecule has 0 aliphatic carbocycles. The fourth-order valence-electron chi connectivity index (χ4n) is 0.538. The molecule has 0 spiro atoms. The van der Waals surface area contributed by atoms with Crippen LogP contribution in [0.5, 0.6) is 0 Å². The summed E-state index contributed by atoms with van der Waals surface area (Å²) in [5.41, 5.74) is 0. The number of hydrogen-bond acceptors (Lipinski definition) is 1. The minimum atomic E-state index is 0.774. The number of rotatable bonds is 5. The largest absolute Gasteiger partial charge is 0.378 e. The van der Waals surface area contributed by atoms with Gasteiger partial charge in [-0.25, -0.2) is 0 Å². The van der Waals surface area contributed by atoms with Gasteiger partial charge in [-0.3, -0.25) is 0 Å². The molecule has 0 heterocycles. The quantitative estimate of drug-likeness (QED) is 0.408. The van der Waals surface area contributed by atoms with Crippen LogP contribution in [0.3, 0.4) is 0 Å². The van der Waals surface area contributed by atoms with Gasteiger partial charge in [0.15, 0.2) is 0 Å². The lowest BCUT2D eigenvalue weighted by atomic mass is 10.3. The Balaban J connectivity index is 2.86. The van der Waals surface area contributed by atoms with Crippen LogP contribution in [0.2, 0.25) is 0 Å². The first kappa shape index (κ1) is 8.70. The van der Waals surface area contributed by atoms with Crippen molar-refractivity contribution in [3.05, 3.63) is 12.2 Å². The molecule has 0 saturated carbocycles. The van der Waals surface area contributed by atoms with Crippen LogP contribution in [0.25, 0.3) is 0 Å². The highest BCUT2D eigenvalue weighted by Gasteiger charge is 1.74. The van der Waals surface area contributed by atoms with Gasteiger partial charge in [0.2, 0.25) is 0 Å². The molecule has 0 radical (unpaired) electrons. The van der Waals surface area contributed by atoms with Crippen molar-refractivity contribution in [3.63, 3.8) is 0 Å². The van der Waals surface area contributed by atoms with Gasteiger partial charge >= 0.3 is 0 Å². The first-order valence-corrected chi connectivity index (χ1v) is 3.64.